The normalized spacial score (nSPS) is 17.7. The number of anilines is 1. The zero-order valence-corrected chi connectivity index (χ0v) is 16.4. The number of ketones is 1. The van der Waals surface area contributed by atoms with Gasteiger partial charge in [-0.1, -0.05) is 23.8 Å². The number of hydrogen-bond acceptors (Lipinski definition) is 6. The molecule has 0 bridgehead atoms. The second-order valence-corrected chi connectivity index (χ2v) is 7.06. The number of nitrogens with zero attached hydrogens (tertiary/aromatic N) is 3. The largest absolute Gasteiger partial charge is 0.507 e. The predicted octanol–water partition coefficient (Wildman–Crippen LogP) is 3.92. The van der Waals surface area contributed by atoms with Gasteiger partial charge in [0.25, 0.3) is 17.4 Å². The van der Waals surface area contributed by atoms with Gasteiger partial charge in [0.2, 0.25) is 0 Å². The van der Waals surface area contributed by atoms with Crippen LogP contribution >= 0.6 is 0 Å². The molecular formula is C23H17N3O5. The minimum Gasteiger partial charge on any atom is -0.507 e. The minimum atomic E-state index is -0.945. The Morgan fingerprint density at radius 3 is 2.29 bits per heavy atom. The Morgan fingerprint density at radius 1 is 1.03 bits per heavy atom. The zero-order chi connectivity index (χ0) is 22.1. The molecule has 4 rings (SSSR count). The first-order chi connectivity index (χ1) is 14.9. The van der Waals surface area contributed by atoms with Crippen LogP contribution in [0, 0.1) is 17.0 Å². The van der Waals surface area contributed by atoms with Crippen LogP contribution in [-0.4, -0.2) is 26.7 Å². The van der Waals surface area contributed by atoms with Gasteiger partial charge in [-0.3, -0.25) is 29.6 Å². The fourth-order valence-corrected chi connectivity index (χ4v) is 3.52. The van der Waals surface area contributed by atoms with Gasteiger partial charge in [-0.2, -0.15) is 0 Å². The number of aliphatic hydroxyl groups is 1. The van der Waals surface area contributed by atoms with E-state index in [1.54, 1.807) is 30.3 Å². The number of carbonyl (C=O) groups excluding carboxylic acids is 2. The molecule has 1 amide bonds. The van der Waals surface area contributed by atoms with E-state index in [-0.39, 0.29) is 16.8 Å². The number of aryl methyl sites for hydroxylation is 1. The average Bonchev–Trinajstić information content (AvgIpc) is 3.05. The molecule has 1 saturated heterocycles. The highest BCUT2D eigenvalue weighted by Crippen LogP contribution is 2.41. The smallest absolute Gasteiger partial charge is 0.300 e. The first kappa shape index (κ1) is 20.0. The van der Waals surface area contributed by atoms with E-state index in [0.29, 0.717) is 11.4 Å². The number of Topliss-reactive ketones (excluding diaryl/α,β-unsaturated/α-hetero) is 1. The lowest BCUT2D eigenvalue weighted by molar-refractivity contribution is -0.384. The number of pyridine rings is 1. The van der Waals surface area contributed by atoms with Crippen molar-refractivity contribution < 1.29 is 19.6 Å². The number of amides is 1. The van der Waals surface area contributed by atoms with E-state index < -0.39 is 28.4 Å². The van der Waals surface area contributed by atoms with Crippen LogP contribution in [0.25, 0.3) is 5.76 Å². The molecule has 1 aromatic heterocycles. The highest BCUT2D eigenvalue weighted by atomic mass is 16.6. The molecule has 2 heterocycles. The van der Waals surface area contributed by atoms with Crippen molar-refractivity contribution in [3.05, 3.63) is 105 Å². The van der Waals surface area contributed by atoms with Gasteiger partial charge in [-0.05, 0) is 43.3 Å². The summed E-state index contributed by atoms with van der Waals surface area (Å²) in [7, 11) is 0. The summed E-state index contributed by atoms with van der Waals surface area (Å²) in [5.41, 5.74) is 1.79. The maximum Gasteiger partial charge on any atom is 0.300 e. The van der Waals surface area contributed by atoms with Crippen molar-refractivity contribution in [2.45, 2.75) is 13.0 Å². The second-order valence-electron chi connectivity index (χ2n) is 7.06. The molecule has 154 valence electrons. The van der Waals surface area contributed by atoms with Crippen molar-refractivity contribution in [1.29, 1.82) is 0 Å². The lowest BCUT2D eigenvalue weighted by Gasteiger charge is -2.24. The summed E-state index contributed by atoms with van der Waals surface area (Å²) in [6, 6.07) is 16.4. The van der Waals surface area contributed by atoms with Gasteiger partial charge in [-0.15, -0.1) is 0 Å². The molecule has 1 aliphatic rings. The summed E-state index contributed by atoms with van der Waals surface area (Å²) in [5, 5.41) is 21.9. The van der Waals surface area contributed by atoms with Crippen LogP contribution < -0.4 is 4.90 Å². The number of non-ortho nitro benzene ring substituents is 1. The lowest BCUT2D eigenvalue weighted by atomic mass is 9.98. The Morgan fingerprint density at radius 2 is 1.71 bits per heavy atom. The van der Waals surface area contributed by atoms with Gasteiger partial charge in [0, 0.05) is 29.6 Å². The Hall–Kier alpha value is -4.33. The topological polar surface area (TPSA) is 114 Å². The van der Waals surface area contributed by atoms with Gasteiger partial charge in [0.05, 0.1) is 16.2 Å². The third-order valence-electron chi connectivity index (χ3n) is 5.08. The molecule has 1 aliphatic heterocycles. The average molecular weight is 415 g/mol. The Balaban J connectivity index is 1.90. The first-order valence-electron chi connectivity index (χ1n) is 9.42. The maximum atomic E-state index is 13.0. The van der Waals surface area contributed by atoms with Crippen LogP contribution in [0.15, 0.2) is 78.5 Å². The number of benzene rings is 2. The Labute approximate surface area is 177 Å². The van der Waals surface area contributed by atoms with E-state index in [2.05, 4.69) is 4.98 Å². The summed E-state index contributed by atoms with van der Waals surface area (Å²) >= 11 is 0. The molecule has 1 atom stereocenters. The van der Waals surface area contributed by atoms with Gasteiger partial charge in [0.15, 0.2) is 0 Å². The molecule has 2 aromatic carbocycles. The number of nitro groups is 1. The third-order valence-corrected chi connectivity index (χ3v) is 5.08. The lowest BCUT2D eigenvalue weighted by Crippen LogP contribution is -2.29. The summed E-state index contributed by atoms with van der Waals surface area (Å²) in [5.74, 6) is -2.06. The standard InChI is InChI=1S/C23H17N3O5/c1-14-5-9-16(10-6-14)25-20(18-4-2-3-13-24-18)19(22(28)23(25)29)21(27)15-7-11-17(12-8-15)26(30)31/h2-13,20,27H,1H3/b21-19-. The van der Waals surface area contributed by atoms with Gasteiger partial charge in [0.1, 0.15) is 11.8 Å². The predicted molar refractivity (Wildman–Crippen MR) is 113 cm³/mol. The third kappa shape index (κ3) is 3.55. The van der Waals surface area contributed by atoms with Crippen LogP contribution in [0.2, 0.25) is 0 Å². The van der Waals surface area contributed by atoms with E-state index in [4.69, 9.17) is 0 Å². The number of aliphatic hydroxyl groups excluding tert-OH is 1. The molecular weight excluding hydrogens is 398 g/mol. The van der Waals surface area contributed by atoms with Crippen molar-refractivity contribution in [3.63, 3.8) is 0 Å². The maximum absolute atomic E-state index is 13.0. The van der Waals surface area contributed by atoms with Crippen molar-refractivity contribution in [2.75, 3.05) is 4.90 Å². The highest BCUT2D eigenvalue weighted by molar-refractivity contribution is 6.51. The summed E-state index contributed by atoms with van der Waals surface area (Å²) in [6.45, 7) is 1.91. The molecule has 1 fully saturated rings. The molecule has 0 aliphatic carbocycles. The fourth-order valence-electron chi connectivity index (χ4n) is 3.52. The van der Waals surface area contributed by atoms with Crippen molar-refractivity contribution in [1.82, 2.24) is 4.98 Å². The number of hydrogen-bond donors (Lipinski definition) is 1. The zero-order valence-electron chi connectivity index (χ0n) is 16.4. The van der Waals surface area contributed by atoms with E-state index >= 15 is 0 Å². The number of aromatic nitrogens is 1. The monoisotopic (exact) mass is 415 g/mol. The van der Waals surface area contributed by atoms with E-state index in [0.717, 1.165) is 5.56 Å². The van der Waals surface area contributed by atoms with Crippen molar-refractivity contribution in [3.8, 4) is 0 Å². The van der Waals surface area contributed by atoms with Crippen molar-refractivity contribution >= 4 is 28.8 Å². The molecule has 1 unspecified atom stereocenters. The Kier molecular flexibility index (Phi) is 5.04. The number of rotatable bonds is 4. The molecule has 0 radical (unpaired) electrons. The number of nitro benzene ring substituents is 1. The fraction of sp³-hybridized carbons (Fsp3) is 0.0870. The van der Waals surface area contributed by atoms with Crippen LogP contribution in [0.4, 0.5) is 11.4 Å². The Bertz CT molecular complexity index is 1200. The van der Waals surface area contributed by atoms with E-state index in [9.17, 15) is 24.8 Å². The molecule has 0 spiro atoms. The van der Waals surface area contributed by atoms with E-state index in [1.165, 1.54) is 35.4 Å². The van der Waals surface area contributed by atoms with Gasteiger partial charge < -0.3 is 5.11 Å². The van der Waals surface area contributed by atoms with Gasteiger partial charge >= 0.3 is 0 Å². The quantitative estimate of drug-likeness (QED) is 0.227. The van der Waals surface area contributed by atoms with Gasteiger partial charge in [-0.25, -0.2) is 0 Å². The molecule has 8 heteroatoms. The van der Waals surface area contributed by atoms with Crippen LogP contribution in [0.3, 0.4) is 0 Å². The van der Waals surface area contributed by atoms with Crippen LogP contribution in [0.5, 0.6) is 0 Å². The molecule has 8 nitrogen and oxygen atoms in total. The molecule has 31 heavy (non-hydrogen) atoms. The molecule has 3 aromatic rings. The second kappa shape index (κ2) is 7.83. The van der Waals surface area contributed by atoms with E-state index in [1.807, 2.05) is 19.1 Å². The molecule has 0 saturated carbocycles. The molecule has 1 N–H and O–H groups in total. The van der Waals surface area contributed by atoms with Crippen LogP contribution in [0.1, 0.15) is 22.9 Å². The highest BCUT2D eigenvalue weighted by Gasteiger charge is 2.47. The van der Waals surface area contributed by atoms with Crippen molar-refractivity contribution in [2.24, 2.45) is 0 Å². The summed E-state index contributed by atoms with van der Waals surface area (Å²) in [4.78, 5) is 41.9. The number of carbonyl (C=O) groups is 2. The SMILES string of the molecule is Cc1ccc(N2C(=O)C(=O)/C(=C(\O)c3ccc([N+](=O)[O-])cc3)C2c2ccccn2)cc1. The summed E-state index contributed by atoms with van der Waals surface area (Å²) in [6.07, 6.45) is 1.54. The first-order valence-corrected chi connectivity index (χ1v) is 9.42. The van der Waals surface area contributed by atoms with Crippen LogP contribution in [-0.2, 0) is 9.59 Å². The minimum absolute atomic E-state index is 0.127. The summed E-state index contributed by atoms with van der Waals surface area (Å²) < 4.78 is 0.